The maximum absolute atomic E-state index is 10.5. The molecule has 1 aliphatic rings. The molecule has 0 spiro atoms. The lowest BCUT2D eigenvalue weighted by atomic mass is 9.95. The van der Waals surface area contributed by atoms with Gasteiger partial charge in [-0.05, 0) is 26.2 Å². The van der Waals surface area contributed by atoms with Gasteiger partial charge in [-0.2, -0.15) is 0 Å². The molecule has 1 aliphatic heterocycles. The second kappa shape index (κ2) is 10.8. The molecule has 3 N–H and O–H groups in total. The van der Waals surface area contributed by atoms with Crippen LogP contribution in [0.1, 0.15) is 47.0 Å². The van der Waals surface area contributed by atoms with Crippen molar-refractivity contribution < 1.29 is 14.6 Å². The minimum absolute atomic E-state index is 0.259. The highest BCUT2D eigenvalue weighted by atomic mass is 16.5. The van der Waals surface area contributed by atoms with Crippen LogP contribution in [0, 0.1) is 5.92 Å². The molecule has 0 amide bonds. The monoisotopic (exact) mass is 329 g/mol. The first-order chi connectivity index (χ1) is 11.0. The van der Waals surface area contributed by atoms with Crippen molar-refractivity contribution in [3.63, 3.8) is 0 Å². The molecule has 6 heteroatoms. The first-order valence-electron chi connectivity index (χ1n) is 8.94. The standard InChI is InChI=1S/C17H35N3O3/c1-5-18-16(19-10-7-15(14(3)4)23-6-2)20-13-17(21)8-11-22-12-9-17/h14-15,21H,5-13H2,1-4H3,(H2,18,19,20). The lowest BCUT2D eigenvalue weighted by molar-refractivity contribution is -0.0566. The Bertz CT molecular complexity index is 342. The zero-order valence-electron chi connectivity index (χ0n) is 15.2. The average Bonchev–Trinajstić information content (AvgIpc) is 2.52. The van der Waals surface area contributed by atoms with E-state index in [4.69, 9.17) is 9.47 Å². The smallest absolute Gasteiger partial charge is 0.191 e. The molecule has 1 unspecified atom stereocenters. The van der Waals surface area contributed by atoms with Crippen molar-refractivity contribution in [1.29, 1.82) is 0 Å². The molecule has 0 aromatic rings. The van der Waals surface area contributed by atoms with Crippen molar-refractivity contribution in [2.75, 3.05) is 39.5 Å². The summed E-state index contributed by atoms with van der Waals surface area (Å²) in [5, 5.41) is 17.0. The quantitative estimate of drug-likeness (QED) is 0.442. The molecular formula is C17H35N3O3. The summed E-state index contributed by atoms with van der Waals surface area (Å²) in [6.45, 7) is 12.4. The Morgan fingerprint density at radius 3 is 2.52 bits per heavy atom. The van der Waals surface area contributed by atoms with Crippen LogP contribution in [-0.4, -0.2) is 62.2 Å². The molecule has 0 aromatic carbocycles. The van der Waals surface area contributed by atoms with Crippen molar-refractivity contribution >= 4 is 5.96 Å². The Hall–Kier alpha value is -0.850. The molecule has 0 aliphatic carbocycles. The van der Waals surface area contributed by atoms with Gasteiger partial charge in [0, 0.05) is 45.8 Å². The highest BCUT2D eigenvalue weighted by Crippen LogP contribution is 2.20. The van der Waals surface area contributed by atoms with Crippen LogP contribution in [0.4, 0.5) is 0 Å². The fraction of sp³-hybridized carbons (Fsp3) is 0.941. The van der Waals surface area contributed by atoms with Crippen molar-refractivity contribution in [3.05, 3.63) is 0 Å². The van der Waals surface area contributed by atoms with Crippen molar-refractivity contribution in [3.8, 4) is 0 Å². The fourth-order valence-corrected chi connectivity index (χ4v) is 2.63. The van der Waals surface area contributed by atoms with E-state index >= 15 is 0 Å². The van der Waals surface area contributed by atoms with E-state index in [0.717, 1.165) is 32.1 Å². The zero-order valence-corrected chi connectivity index (χ0v) is 15.2. The summed E-state index contributed by atoms with van der Waals surface area (Å²) >= 11 is 0. The van der Waals surface area contributed by atoms with Crippen LogP contribution in [0.2, 0.25) is 0 Å². The van der Waals surface area contributed by atoms with Crippen LogP contribution < -0.4 is 10.6 Å². The van der Waals surface area contributed by atoms with Gasteiger partial charge in [0.15, 0.2) is 5.96 Å². The summed E-state index contributed by atoms with van der Waals surface area (Å²) < 4.78 is 11.1. The topological polar surface area (TPSA) is 75.1 Å². The van der Waals surface area contributed by atoms with Crippen molar-refractivity contribution in [2.45, 2.75) is 58.7 Å². The molecule has 1 heterocycles. The molecule has 23 heavy (non-hydrogen) atoms. The van der Waals surface area contributed by atoms with Gasteiger partial charge in [-0.3, -0.25) is 4.99 Å². The Morgan fingerprint density at radius 2 is 1.96 bits per heavy atom. The largest absolute Gasteiger partial charge is 0.388 e. The van der Waals surface area contributed by atoms with Crippen LogP contribution in [0.5, 0.6) is 0 Å². The summed E-state index contributed by atoms with van der Waals surface area (Å²) in [5.41, 5.74) is -0.730. The van der Waals surface area contributed by atoms with Gasteiger partial charge >= 0.3 is 0 Å². The van der Waals surface area contributed by atoms with Gasteiger partial charge in [0.1, 0.15) is 0 Å². The van der Waals surface area contributed by atoms with Gasteiger partial charge < -0.3 is 25.2 Å². The summed E-state index contributed by atoms with van der Waals surface area (Å²) in [6.07, 6.45) is 2.49. The third kappa shape index (κ3) is 7.99. The molecular weight excluding hydrogens is 294 g/mol. The van der Waals surface area contributed by atoms with Crippen LogP contribution >= 0.6 is 0 Å². The predicted octanol–water partition coefficient (Wildman–Crippen LogP) is 1.53. The Labute approximate surface area is 141 Å². The lowest BCUT2D eigenvalue weighted by Crippen LogP contribution is -2.43. The number of nitrogens with one attached hydrogen (secondary N) is 2. The Balaban J connectivity index is 2.45. The lowest BCUT2D eigenvalue weighted by Gasteiger charge is -2.30. The third-order valence-corrected chi connectivity index (χ3v) is 4.14. The molecule has 1 saturated heterocycles. The van der Waals surface area contributed by atoms with E-state index in [0.29, 0.717) is 38.5 Å². The molecule has 0 saturated carbocycles. The summed E-state index contributed by atoms with van der Waals surface area (Å²) in [7, 11) is 0. The van der Waals surface area contributed by atoms with Gasteiger partial charge in [-0.1, -0.05) is 13.8 Å². The molecule has 136 valence electrons. The SMILES string of the molecule is CCNC(=NCC1(O)CCOCC1)NCCC(OCC)C(C)C. The van der Waals surface area contributed by atoms with Crippen LogP contribution in [0.25, 0.3) is 0 Å². The first-order valence-corrected chi connectivity index (χ1v) is 8.94. The second-order valence-corrected chi connectivity index (χ2v) is 6.49. The molecule has 1 rings (SSSR count). The van der Waals surface area contributed by atoms with E-state index in [9.17, 15) is 5.11 Å². The molecule has 1 fully saturated rings. The number of nitrogens with zero attached hydrogens (tertiary/aromatic N) is 1. The number of guanidine groups is 1. The predicted molar refractivity (Wildman–Crippen MR) is 93.9 cm³/mol. The van der Waals surface area contributed by atoms with E-state index < -0.39 is 5.60 Å². The summed E-state index contributed by atoms with van der Waals surface area (Å²) in [5.74, 6) is 1.26. The molecule has 0 bridgehead atoms. The third-order valence-electron chi connectivity index (χ3n) is 4.14. The molecule has 0 aromatic heterocycles. The van der Waals surface area contributed by atoms with Crippen LogP contribution in [-0.2, 0) is 9.47 Å². The highest BCUT2D eigenvalue weighted by Gasteiger charge is 2.29. The van der Waals surface area contributed by atoms with E-state index in [1.807, 2.05) is 13.8 Å². The summed E-state index contributed by atoms with van der Waals surface area (Å²) in [4.78, 5) is 4.54. The number of rotatable bonds is 9. The number of ether oxygens (including phenoxy) is 2. The Morgan fingerprint density at radius 1 is 1.26 bits per heavy atom. The normalized spacial score (nSPS) is 19.7. The van der Waals surface area contributed by atoms with Crippen molar-refractivity contribution in [2.24, 2.45) is 10.9 Å². The van der Waals surface area contributed by atoms with E-state index in [1.54, 1.807) is 0 Å². The van der Waals surface area contributed by atoms with Crippen LogP contribution in [0.3, 0.4) is 0 Å². The zero-order chi connectivity index (χ0) is 17.1. The van der Waals surface area contributed by atoms with Gasteiger partial charge in [0.2, 0.25) is 0 Å². The first kappa shape index (κ1) is 20.2. The van der Waals surface area contributed by atoms with Crippen LogP contribution in [0.15, 0.2) is 4.99 Å². The van der Waals surface area contributed by atoms with E-state index in [2.05, 4.69) is 29.5 Å². The molecule has 6 nitrogen and oxygen atoms in total. The molecule has 0 radical (unpaired) electrons. The van der Waals surface area contributed by atoms with Gasteiger partial charge in [0.25, 0.3) is 0 Å². The van der Waals surface area contributed by atoms with Gasteiger partial charge in [-0.15, -0.1) is 0 Å². The molecule has 1 atom stereocenters. The maximum atomic E-state index is 10.5. The number of hydrogen-bond donors (Lipinski definition) is 3. The van der Waals surface area contributed by atoms with E-state index in [1.165, 1.54) is 0 Å². The number of aliphatic hydroxyl groups is 1. The fourth-order valence-electron chi connectivity index (χ4n) is 2.63. The minimum Gasteiger partial charge on any atom is -0.388 e. The number of hydrogen-bond acceptors (Lipinski definition) is 4. The Kier molecular flexibility index (Phi) is 9.52. The maximum Gasteiger partial charge on any atom is 0.191 e. The van der Waals surface area contributed by atoms with Gasteiger partial charge in [0.05, 0.1) is 18.2 Å². The van der Waals surface area contributed by atoms with Gasteiger partial charge in [-0.25, -0.2) is 0 Å². The minimum atomic E-state index is -0.730. The van der Waals surface area contributed by atoms with Crippen molar-refractivity contribution in [1.82, 2.24) is 10.6 Å². The highest BCUT2D eigenvalue weighted by molar-refractivity contribution is 5.79. The average molecular weight is 329 g/mol. The second-order valence-electron chi connectivity index (χ2n) is 6.49. The summed E-state index contributed by atoms with van der Waals surface area (Å²) in [6, 6.07) is 0. The van der Waals surface area contributed by atoms with E-state index in [-0.39, 0.29) is 6.10 Å². The number of aliphatic imine (C=N–C) groups is 1.